The lowest BCUT2D eigenvalue weighted by molar-refractivity contribution is -0.114. The maximum atomic E-state index is 10.9. The van der Waals surface area contributed by atoms with Crippen LogP contribution in [0, 0.1) is 11.3 Å². The molecule has 3 heteroatoms. The van der Waals surface area contributed by atoms with E-state index in [2.05, 4.69) is 20.8 Å². The van der Waals surface area contributed by atoms with Crippen molar-refractivity contribution in [1.29, 1.82) is 5.26 Å². The maximum absolute atomic E-state index is 10.9. The van der Waals surface area contributed by atoms with Crippen molar-refractivity contribution in [3.05, 3.63) is 41.0 Å². The van der Waals surface area contributed by atoms with Gasteiger partial charge in [0.15, 0.2) is 0 Å². The van der Waals surface area contributed by atoms with Gasteiger partial charge in [-0.1, -0.05) is 45.0 Å². The average Bonchev–Trinajstić information content (AvgIpc) is 2.25. The molecule has 0 atom stereocenters. The molecule has 1 aromatic rings. The van der Waals surface area contributed by atoms with E-state index in [1.54, 1.807) is 6.07 Å². The molecule has 0 aromatic heterocycles. The van der Waals surface area contributed by atoms with Crippen molar-refractivity contribution < 1.29 is 4.79 Å². The molecule has 88 valence electrons. The first-order valence-electron chi connectivity index (χ1n) is 5.37. The Balaban J connectivity index is 3.05. The summed E-state index contributed by atoms with van der Waals surface area (Å²) < 4.78 is 0. The number of carbonyl (C=O) groups excluding carboxylic acids is 1. The van der Waals surface area contributed by atoms with Crippen LogP contribution in [0.1, 0.15) is 31.9 Å². The van der Waals surface area contributed by atoms with E-state index in [1.807, 2.05) is 24.3 Å². The molecule has 1 aromatic carbocycles. The SMILES string of the molecule is CC(C)(C)c1ccc(/C=C(\C#N)C(N)=O)cc1. The minimum atomic E-state index is -0.701. The Morgan fingerprint density at radius 1 is 1.29 bits per heavy atom. The minimum Gasteiger partial charge on any atom is -0.365 e. The topological polar surface area (TPSA) is 66.9 Å². The van der Waals surface area contributed by atoms with Gasteiger partial charge in [0.2, 0.25) is 0 Å². The fourth-order valence-electron chi connectivity index (χ4n) is 1.40. The fraction of sp³-hybridized carbons (Fsp3) is 0.286. The normalized spacial score (nSPS) is 12.0. The Morgan fingerprint density at radius 2 is 1.82 bits per heavy atom. The van der Waals surface area contributed by atoms with Gasteiger partial charge in [0.1, 0.15) is 11.6 Å². The Labute approximate surface area is 102 Å². The van der Waals surface area contributed by atoms with Crippen molar-refractivity contribution in [2.45, 2.75) is 26.2 Å². The highest BCUT2D eigenvalue weighted by molar-refractivity contribution is 6.00. The second-order valence-electron chi connectivity index (χ2n) is 4.91. The van der Waals surface area contributed by atoms with Crippen molar-refractivity contribution in [3.8, 4) is 6.07 Å². The van der Waals surface area contributed by atoms with Crippen molar-refractivity contribution in [2.75, 3.05) is 0 Å². The lowest BCUT2D eigenvalue weighted by Gasteiger charge is -2.18. The molecular weight excluding hydrogens is 212 g/mol. The van der Waals surface area contributed by atoms with Crippen molar-refractivity contribution in [3.63, 3.8) is 0 Å². The highest BCUT2D eigenvalue weighted by atomic mass is 16.1. The van der Waals surface area contributed by atoms with E-state index in [1.165, 1.54) is 11.6 Å². The largest absolute Gasteiger partial charge is 0.365 e. The van der Waals surface area contributed by atoms with Gasteiger partial charge in [-0.05, 0) is 22.6 Å². The van der Waals surface area contributed by atoms with Crippen LogP contribution in [0.3, 0.4) is 0 Å². The van der Waals surface area contributed by atoms with Crippen LogP contribution in [0.5, 0.6) is 0 Å². The standard InChI is InChI=1S/C14H16N2O/c1-14(2,3)12-6-4-10(5-7-12)8-11(9-15)13(16)17/h4-8H,1-3H3,(H2,16,17)/b11-8+. The van der Waals surface area contributed by atoms with E-state index in [0.717, 1.165) is 5.56 Å². The molecule has 0 radical (unpaired) electrons. The summed E-state index contributed by atoms with van der Waals surface area (Å²) in [5.74, 6) is -0.701. The zero-order valence-electron chi connectivity index (χ0n) is 10.3. The second-order valence-corrected chi connectivity index (χ2v) is 4.91. The van der Waals surface area contributed by atoms with E-state index in [9.17, 15) is 4.79 Å². The summed E-state index contributed by atoms with van der Waals surface area (Å²) in [6.45, 7) is 6.38. The predicted octanol–water partition coefficient (Wildman–Crippen LogP) is 2.38. The summed E-state index contributed by atoms with van der Waals surface area (Å²) in [5.41, 5.74) is 7.12. The summed E-state index contributed by atoms with van der Waals surface area (Å²) in [7, 11) is 0. The van der Waals surface area contributed by atoms with E-state index < -0.39 is 5.91 Å². The first kappa shape index (κ1) is 13.0. The van der Waals surface area contributed by atoms with Crippen LogP contribution < -0.4 is 5.73 Å². The van der Waals surface area contributed by atoms with Gasteiger partial charge >= 0.3 is 0 Å². The molecule has 17 heavy (non-hydrogen) atoms. The van der Waals surface area contributed by atoms with E-state index in [0.29, 0.717) is 0 Å². The van der Waals surface area contributed by atoms with Crippen molar-refractivity contribution in [2.24, 2.45) is 5.73 Å². The number of hydrogen-bond acceptors (Lipinski definition) is 2. The number of nitrogens with zero attached hydrogens (tertiary/aromatic N) is 1. The molecular formula is C14H16N2O. The number of amides is 1. The number of primary amides is 1. The van der Waals surface area contributed by atoms with Gasteiger partial charge in [-0.3, -0.25) is 4.79 Å². The van der Waals surface area contributed by atoms with Gasteiger partial charge in [0.25, 0.3) is 5.91 Å². The summed E-state index contributed by atoms with van der Waals surface area (Å²) >= 11 is 0. The third kappa shape index (κ3) is 3.46. The molecule has 0 bridgehead atoms. The summed E-state index contributed by atoms with van der Waals surface area (Å²) in [5, 5.41) is 8.72. The molecule has 0 heterocycles. The number of carbonyl (C=O) groups is 1. The van der Waals surface area contributed by atoms with E-state index in [-0.39, 0.29) is 11.0 Å². The van der Waals surface area contributed by atoms with Crippen LogP contribution in [-0.2, 0) is 10.2 Å². The second kappa shape index (κ2) is 4.84. The third-order valence-corrected chi connectivity index (χ3v) is 2.47. The monoisotopic (exact) mass is 228 g/mol. The molecule has 1 rings (SSSR count). The Hall–Kier alpha value is -2.08. The smallest absolute Gasteiger partial charge is 0.259 e. The maximum Gasteiger partial charge on any atom is 0.259 e. The van der Waals surface area contributed by atoms with E-state index in [4.69, 9.17) is 11.0 Å². The molecule has 0 spiro atoms. The van der Waals surface area contributed by atoms with Crippen molar-refractivity contribution >= 4 is 12.0 Å². The molecule has 0 saturated heterocycles. The van der Waals surface area contributed by atoms with Crippen LogP contribution in [0.25, 0.3) is 6.08 Å². The summed E-state index contributed by atoms with van der Waals surface area (Å²) in [4.78, 5) is 10.9. The van der Waals surface area contributed by atoms with Crippen LogP contribution >= 0.6 is 0 Å². The third-order valence-electron chi connectivity index (χ3n) is 2.47. The van der Waals surface area contributed by atoms with Crippen LogP contribution in [0.2, 0.25) is 0 Å². The quantitative estimate of drug-likeness (QED) is 0.623. The molecule has 0 aliphatic heterocycles. The lowest BCUT2D eigenvalue weighted by atomic mass is 9.86. The van der Waals surface area contributed by atoms with Crippen LogP contribution in [0.15, 0.2) is 29.8 Å². The van der Waals surface area contributed by atoms with Crippen molar-refractivity contribution in [1.82, 2.24) is 0 Å². The predicted molar refractivity (Wildman–Crippen MR) is 67.9 cm³/mol. The van der Waals surface area contributed by atoms with Gasteiger partial charge in [-0.2, -0.15) is 5.26 Å². The summed E-state index contributed by atoms with van der Waals surface area (Å²) in [6, 6.07) is 9.51. The number of nitrogens with two attached hydrogens (primary N) is 1. The molecule has 0 aliphatic carbocycles. The molecule has 0 fully saturated rings. The molecule has 3 nitrogen and oxygen atoms in total. The number of rotatable bonds is 2. The molecule has 0 aliphatic rings. The first-order chi connectivity index (χ1) is 7.84. The van der Waals surface area contributed by atoms with Crippen LogP contribution in [0.4, 0.5) is 0 Å². The Morgan fingerprint density at radius 3 is 2.18 bits per heavy atom. The Kier molecular flexibility index (Phi) is 3.69. The minimum absolute atomic E-state index is 0.0338. The zero-order valence-corrected chi connectivity index (χ0v) is 10.3. The highest BCUT2D eigenvalue weighted by Crippen LogP contribution is 2.22. The number of hydrogen-bond donors (Lipinski definition) is 1. The summed E-state index contributed by atoms with van der Waals surface area (Å²) in [6.07, 6.45) is 1.49. The van der Waals surface area contributed by atoms with Gasteiger partial charge in [-0.25, -0.2) is 0 Å². The number of benzene rings is 1. The highest BCUT2D eigenvalue weighted by Gasteiger charge is 2.12. The van der Waals surface area contributed by atoms with Gasteiger partial charge in [0, 0.05) is 0 Å². The first-order valence-corrected chi connectivity index (χ1v) is 5.37. The molecule has 0 unspecified atom stereocenters. The molecule has 0 saturated carbocycles. The zero-order chi connectivity index (χ0) is 13.1. The molecule has 1 amide bonds. The van der Waals surface area contributed by atoms with Gasteiger partial charge < -0.3 is 5.73 Å². The Bertz CT molecular complexity index is 484. The average molecular weight is 228 g/mol. The van der Waals surface area contributed by atoms with E-state index >= 15 is 0 Å². The van der Waals surface area contributed by atoms with Crippen LogP contribution in [-0.4, -0.2) is 5.91 Å². The van der Waals surface area contributed by atoms with Gasteiger partial charge in [0.05, 0.1) is 0 Å². The van der Waals surface area contributed by atoms with Gasteiger partial charge in [-0.15, -0.1) is 0 Å². The lowest BCUT2D eigenvalue weighted by Crippen LogP contribution is -2.12. The number of nitriles is 1. The molecule has 2 N–H and O–H groups in total. The fourth-order valence-corrected chi connectivity index (χ4v) is 1.40.